The van der Waals surface area contributed by atoms with E-state index in [1.807, 2.05) is 41.8 Å². The van der Waals surface area contributed by atoms with Crippen LogP contribution in [0.2, 0.25) is 5.02 Å². The molecule has 0 radical (unpaired) electrons. The van der Waals surface area contributed by atoms with Crippen LogP contribution in [0, 0.1) is 0 Å². The first-order valence-electron chi connectivity index (χ1n) is 10.2. The van der Waals surface area contributed by atoms with E-state index in [0.717, 1.165) is 11.4 Å². The van der Waals surface area contributed by atoms with Crippen LogP contribution in [-0.2, 0) is 11.3 Å². The molecule has 0 unspecified atom stereocenters. The topological polar surface area (TPSA) is 67.7 Å². The second-order valence-corrected chi connectivity index (χ2v) is 9.31. The normalized spacial score (nSPS) is 12.8. The molecule has 1 aliphatic rings. The van der Waals surface area contributed by atoms with E-state index in [-0.39, 0.29) is 18.1 Å². The van der Waals surface area contributed by atoms with Crippen LogP contribution in [0.4, 0.5) is 11.4 Å². The van der Waals surface area contributed by atoms with Gasteiger partial charge in [0, 0.05) is 30.4 Å². The van der Waals surface area contributed by atoms with Crippen LogP contribution in [0.1, 0.15) is 47.3 Å². The maximum Gasteiger partial charge on any atom is 0.359 e. The third kappa shape index (κ3) is 4.08. The number of halogens is 1. The molecule has 0 bridgehead atoms. The summed E-state index contributed by atoms with van der Waals surface area (Å²) in [6.07, 6.45) is 1.58. The van der Waals surface area contributed by atoms with Gasteiger partial charge in [0.1, 0.15) is 11.9 Å². The number of ether oxygens (including phenoxy) is 1. The summed E-state index contributed by atoms with van der Waals surface area (Å²) in [5, 5.41) is 0.514. The van der Waals surface area contributed by atoms with Crippen molar-refractivity contribution in [3.05, 3.63) is 70.8 Å². The SMILES string of the molecule is CN(C)c1ccc(C(=O)N2Cc3c(C(=O)OC(C)(C)C)ncn3-c3ccc(Cl)cc32)cc1. The Morgan fingerprint density at radius 3 is 2.38 bits per heavy atom. The zero-order valence-electron chi connectivity index (χ0n) is 18.7. The first-order chi connectivity index (χ1) is 15.0. The van der Waals surface area contributed by atoms with Crippen LogP contribution in [0.5, 0.6) is 0 Å². The van der Waals surface area contributed by atoms with E-state index >= 15 is 0 Å². The number of hydrogen-bond acceptors (Lipinski definition) is 5. The number of fused-ring (bicyclic) bond motifs is 3. The Morgan fingerprint density at radius 1 is 1.06 bits per heavy atom. The predicted octanol–water partition coefficient (Wildman–Crippen LogP) is 4.71. The van der Waals surface area contributed by atoms with E-state index in [4.69, 9.17) is 16.3 Å². The molecule has 1 amide bonds. The molecule has 1 aromatic heterocycles. The summed E-state index contributed by atoms with van der Waals surface area (Å²) in [4.78, 5) is 34.2. The minimum absolute atomic E-state index is 0.163. The van der Waals surface area contributed by atoms with Gasteiger partial charge in [0.2, 0.25) is 0 Å². The number of carbonyl (C=O) groups excluding carboxylic acids is 2. The number of esters is 1. The first kappa shape index (κ1) is 21.9. The van der Waals surface area contributed by atoms with Gasteiger partial charge in [0.25, 0.3) is 5.91 Å². The molecule has 4 rings (SSSR count). The van der Waals surface area contributed by atoms with Crippen molar-refractivity contribution < 1.29 is 14.3 Å². The molecule has 32 heavy (non-hydrogen) atoms. The van der Waals surface area contributed by atoms with Crippen molar-refractivity contribution in [2.24, 2.45) is 0 Å². The number of nitrogens with zero attached hydrogens (tertiary/aromatic N) is 4. The number of carbonyl (C=O) groups is 2. The Morgan fingerprint density at radius 2 is 1.75 bits per heavy atom. The molecule has 0 spiro atoms. The molecule has 7 nitrogen and oxygen atoms in total. The summed E-state index contributed by atoms with van der Waals surface area (Å²) in [6.45, 7) is 5.57. The van der Waals surface area contributed by atoms with E-state index in [2.05, 4.69) is 4.98 Å². The zero-order valence-corrected chi connectivity index (χ0v) is 19.5. The number of aromatic nitrogens is 2. The van der Waals surface area contributed by atoms with Crippen LogP contribution >= 0.6 is 11.6 Å². The molecule has 0 fully saturated rings. The van der Waals surface area contributed by atoms with Crippen molar-refractivity contribution >= 4 is 34.9 Å². The molecule has 2 aromatic carbocycles. The third-order valence-electron chi connectivity index (χ3n) is 5.13. The highest BCUT2D eigenvalue weighted by molar-refractivity contribution is 6.31. The number of amides is 1. The van der Waals surface area contributed by atoms with Gasteiger partial charge in [-0.2, -0.15) is 0 Å². The second kappa shape index (κ2) is 7.98. The fourth-order valence-electron chi connectivity index (χ4n) is 3.62. The van der Waals surface area contributed by atoms with Gasteiger partial charge in [0.15, 0.2) is 5.69 Å². The molecule has 1 aliphatic heterocycles. The predicted molar refractivity (Wildman–Crippen MR) is 125 cm³/mol. The van der Waals surface area contributed by atoms with Crippen molar-refractivity contribution in [3.8, 4) is 5.69 Å². The lowest BCUT2D eigenvalue weighted by atomic mass is 10.1. The minimum atomic E-state index is -0.655. The molecule has 0 saturated carbocycles. The lowest BCUT2D eigenvalue weighted by Crippen LogP contribution is -2.36. The summed E-state index contributed by atoms with van der Waals surface area (Å²) < 4.78 is 7.34. The third-order valence-corrected chi connectivity index (χ3v) is 5.37. The van der Waals surface area contributed by atoms with E-state index < -0.39 is 11.6 Å². The van der Waals surface area contributed by atoms with E-state index in [9.17, 15) is 9.59 Å². The Kier molecular flexibility index (Phi) is 5.46. The fourth-order valence-corrected chi connectivity index (χ4v) is 3.79. The van der Waals surface area contributed by atoms with Gasteiger partial charge in [-0.1, -0.05) is 11.6 Å². The standard InChI is InChI=1S/C24H25ClN4O3/c1-24(2,3)32-23(31)21-20-13-28(22(30)15-6-9-17(10-7-15)27(4)5)19-12-16(25)8-11-18(19)29(20)14-26-21/h6-12,14H,13H2,1-5H3. The number of imidazole rings is 1. The number of rotatable bonds is 3. The number of anilines is 2. The van der Waals surface area contributed by atoms with Crippen molar-refractivity contribution in [2.75, 3.05) is 23.9 Å². The molecular weight excluding hydrogens is 428 g/mol. The second-order valence-electron chi connectivity index (χ2n) is 8.88. The Hall–Kier alpha value is -3.32. The lowest BCUT2D eigenvalue weighted by Gasteiger charge is -2.31. The molecule has 2 heterocycles. The minimum Gasteiger partial charge on any atom is -0.455 e. The quantitative estimate of drug-likeness (QED) is 0.538. The molecular formula is C24H25ClN4O3. The highest BCUT2D eigenvalue weighted by Gasteiger charge is 2.33. The fraction of sp³-hybridized carbons (Fsp3) is 0.292. The maximum absolute atomic E-state index is 13.5. The van der Waals surface area contributed by atoms with Gasteiger partial charge in [-0.3, -0.25) is 9.36 Å². The van der Waals surface area contributed by atoms with Crippen molar-refractivity contribution in [2.45, 2.75) is 32.9 Å². The first-order valence-corrected chi connectivity index (χ1v) is 10.6. The van der Waals surface area contributed by atoms with Gasteiger partial charge in [0.05, 0.1) is 23.6 Å². The highest BCUT2D eigenvalue weighted by Crippen LogP contribution is 2.36. The van der Waals surface area contributed by atoms with Crippen molar-refractivity contribution in [1.82, 2.24) is 9.55 Å². The van der Waals surface area contributed by atoms with E-state index in [0.29, 0.717) is 22.0 Å². The van der Waals surface area contributed by atoms with Crippen LogP contribution < -0.4 is 9.80 Å². The van der Waals surface area contributed by atoms with Gasteiger partial charge in [-0.25, -0.2) is 9.78 Å². The molecule has 166 valence electrons. The summed E-state index contributed by atoms with van der Waals surface area (Å²) in [7, 11) is 3.89. The summed E-state index contributed by atoms with van der Waals surface area (Å²) in [6, 6.07) is 12.7. The van der Waals surface area contributed by atoms with E-state index in [1.54, 1.807) is 56.3 Å². The van der Waals surface area contributed by atoms with Crippen LogP contribution in [0.15, 0.2) is 48.8 Å². The van der Waals surface area contributed by atoms with Gasteiger partial charge in [-0.15, -0.1) is 0 Å². The van der Waals surface area contributed by atoms with E-state index in [1.165, 1.54) is 0 Å². The average molecular weight is 453 g/mol. The Balaban J connectivity index is 1.77. The smallest absolute Gasteiger partial charge is 0.359 e. The molecule has 3 aromatic rings. The van der Waals surface area contributed by atoms with Crippen LogP contribution in [0.25, 0.3) is 5.69 Å². The van der Waals surface area contributed by atoms with Gasteiger partial charge < -0.3 is 14.5 Å². The molecule has 0 N–H and O–H groups in total. The van der Waals surface area contributed by atoms with Crippen molar-refractivity contribution in [1.29, 1.82) is 0 Å². The van der Waals surface area contributed by atoms with Crippen LogP contribution in [0.3, 0.4) is 0 Å². The molecule has 0 saturated heterocycles. The zero-order chi connectivity index (χ0) is 23.2. The molecule has 8 heteroatoms. The number of benzene rings is 2. The molecule has 0 aliphatic carbocycles. The van der Waals surface area contributed by atoms with Gasteiger partial charge >= 0.3 is 5.97 Å². The summed E-state index contributed by atoms with van der Waals surface area (Å²) in [5.41, 5.74) is 3.03. The van der Waals surface area contributed by atoms with Gasteiger partial charge in [-0.05, 0) is 63.2 Å². The molecule has 0 atom stereocenters. The lowest BCUT2D eigenvalue weighted by molar-refractivity contribution is 0.00617. The largest absolute Gasteiger partial charge is 0.455 e. The summed E-state index contributed by atoms with van der Waals surface area (Å²) in [5.74, 6) is -0.715. The number of hydrogen-bond donors (Lipinski definition) is 0. The van der Waals surface area contributed by atoms with Crippen molar-refractivity contribution in [3.63, 3.8) is 0 Å². The highest BCUT2D eigenvalue weighted by atomic mass is 35.5. The Bertz CT molecular complexity index is 1190. The maximum atomic E-state index is 13.5. The average Bonchev–Trinajstić information content (AvgIpc) is 3.15. The summed E-state index contributed by atoms with van der Waals surface area (Å²) >= 11 is 6.26. The monoisotopic (exact) mass is 452 g/mol. The Labute approximate surface area is 192 Å². The van der Waals surface area contributed by atoms with Crippen LogP contribution in [-0.4, -0.2) is 41.1 Å².